The van der Waals surface area contributed by atoms with Gasteiger partial charge in [0.2, 0.25) is 0 Å². The van der Waals surface area contributed by atoms with Gasteiger partial charge in [-0.15, -0.1) is 0 Å². The molecule has 0 saturated carbocycles. The summed E-state index contributed by atoms with van der Waals surface area (Å²) < 4.78 is 54.7. The number of ketones is 1. The SMILES string of the molecule is COCCC(=O)c1ccc(F)c(C(F)(F)F)c1. The van der Waals surface area contributed by atoms with Crippen molar-refractivity contribution in [3.05, 3.63) is 35.1 Å². The Bertz CT molecular complexity index is 412. The van der Waals surface area contributed by atoms with Crippen LogP contribution in [0.3, 0.4) is 0 Å². The van der Waals surface area contributed by atoms with Crippen molar-refractivity contribution in [2.45, 2.75) is 12.6 Å². The van der Waals surface area contributed by atoms with Crippen LogP contribution < -0.4 is 0 Å². The molecule has 0 radical (unpaired) electrons. The first-order valence-electron chi connectivity index (χ1n) is 4.75. The van der Waals surface area contributed by atoms with Gasteiger partial charge in [-0.1, -0.05) is 0 Å². The minimum Gasteiger partial charge on any atom is -0.384 e. The smallest absolute Gasteiger partial charge is 0.384 e. The lowest BCUT2D eigenvalue weighted by Gasteiger charge is -2.09. The van der Waals surface area contributed by atoms with Gasteiger partial charge in [-0.3, -0.25) is 4.79 Å². The molecule has 0 aliphatic carbocycles. The van der Waals surface area contributed by atoms with Crippen molar-refractivity contribution in [1.82, 2.24) is 0 Å². The van der Waals surface area contributed by atoms with Gasteiger partial charge in [0.1, 0.15) is 5.82 Å². The minimum absolute atomic E-state index is 0.0422. The predicted octanol–water partition coefficient (Wildman–Crippen LogP) is 3.06. The summed E-state index contributed by atoms with van der Waals surface area (Å²) in [6.07, 6.45) is -4.85. The van der Waals surface area contributed by atoms with Gasteiger partial charge < -0.3 is 4.74 Å². The van der Waals surface area contributed by atoms with Crippen molar-refractivity contribution in [2.75, 3.05) is 13.7 Å². The highest BCUT2D eigenvalue weighted by Crippen LogP contribution is 2.32. The van der Waals surface area contributed by atoms with Crippen molar-refractivity contribution < 1.29 is 27.1 Å². The van der Waals surface area contributed by atoms with Crippen LogP contribution in [0.4, 0.5) is 17.6 Å². The summed E-state index contributed by atoms with van der Waals surface area (Å²) in [5, 5.41) is 0. The van der Waals surface area contributed by atoms with E-state index in [0.717, 1.165) is 6.07 Å². The lowest BCUT2D eigenvalue weighted by molar-refractivity contribution is -0.140. The van der Waals surface area contributed by atoms with Gasteiger partial charge in [0.25, 0.3) is 0 Å². The highest BCUT2D eigenvalue weighted by atomic mass is 19.4. The van der Waals surface area contributed by atoms with E-state index in [1.165, 1.54) is 7.11 Å². The molecule has 0 unspecified atom stereocenters. The van der Waals surface area contributed by atoms with Gasteiger partial charge in [-0.2, -0.15) is 13.2 Å². The maximum Gasteiger partial charge on any atom is 0.419 e. The summed E-state index contributed by atoms with van der Waals surface area (Å²) in [6.45, 7) is 0.109. The molecule has 94 valence electrons. The molecule has 0 aliphatic heterocycles. The van der Waals surface area contributed by atoms with E-state index in [1.54, 1.807) is 0 Å². The summed E-state index contributed by atoms with van der Waals surface area (Å²) in [7, 11) is 1.37. The number of ether oxygens (including phenoxy) is 1. The fraction of sp³-hybridized carbons (Fsp3) is 0.364. The van der Waals surface area contributed by atoms with Crippen LogP contribution in [-0.4, -0.2) is 19.5 Å². The number of Topliss-reactive ketones (excluding diaryl/α,β-unsaturated/α-hetero) is 1. The van der Waals surface area contributed by atoms with Crippen molar-refractivity contribution in [3.8, 4) is 0 Å². The topological polar surface area (TPSA) is 26.3 Å². The number of carbonyl (C=O) groups is 1. The average Bonchev–Trinajstić information content (AvgIpc) is 2.25. The number of methoxy groups -OCH3 is 1. The molecule has 1 rings (SSSR count). The zero-order valence-corrected chi connectivity index (χ0v) is 8.97. The lowest BCUT2D eigenvalue weighted by Crippen LogP contribution is -2.11. The second-order valence-electron chi connectivity index (χ2n) is 3.36. The Labute approximate surface area is 95.2 Å². The van der Waals surface area contributed by atoms with E-state index in [0.29, 0.717) is 12.1 Å². The third kappa shape index (κ3) is 3.52. The van der Waals surface area contributed by atoms with Gasteiger partial charge in [0, 0.05) is 19.1 Å². The molecule has 0 aromatic heterocycles. The Hall–Kier alpha value is -1.43. The first kappa shape index (κ1) is 13.6. The molecule has 1 aromatic carbocycles. The molecule has 0 saturated heterocycles. The normalized spacial score (nSPS) is 11.6. The third-order valence-electron chi connectivity index (χ3n) is 2.13. The third-order valence-corrected chi connectivity index (χ3v) is 2.13. The Morgan fingerprint density at radius 1 is 1.35 bits per heavy atom. The molecular weight excluding hydrogens is 240 g/mol. The summed E-state index contributed by atoms with van der Waals surface area (Å²) >= 11 is 0. The van der Waals surface area contributed by atoms with Gasteiger partial charge in [0.05, 0.1) is 12.2 Å². The molecule has 0 heterocycles. The molecular formula is C11H10F4O2. The van der Waals surface area contributed by atoms with E-state index in [9.17, 15) is 22.4 Å². The van der Waals surface area contributed by atoms with Gasteiger partial charge >= 0.3 is 6.18 Å². The molecule has 0 aliphatic rings. The van der Waals surface area contributed by atoms with E-state index in [-0.39, 0.29) is 18.6 Å². The number of hydrogen-bond donors (Lipinski definition) is 0. The number of alkyl halides is 3. The van der Waals surface area contributed by atoms with Gasteiger partial charge in [0.15, 0.2) is 5.78 Å². The minimum atomic E-state index is -4.80. The average molecular weight is 250 g/mol. The zero-order chi connectivity index (χ0) is 13.1. The second-order valence-corrected chi connectivity index (χ2v) is 3.36. The fourth-order valence-corrected chi connectivity index (χ4v) is 1.26. The van der Waals surface area contributed by atoms with Crippen molar-refractivity contribution in [3.63, 3.8) is 0 Å². The molecule has 0 fully saturated rings. The molecule has 0 amide bonds. The maximum absolute atomic E-state index is 12.9. The van der Waals surface area contributed by atoms with Gasteiger partial charge in [-0.05, 0) is 18.2 Å². The second kappa shape index (κ2) is 5.27. The van der Waals surface area contributed by atoms with Crippen LogP contribution >= 0.6 is 0 Å². The van der Waals surface area contributed by atoms with Crippen molar-refractivity contribution in [2.24, 2.45) is 0 Å². The fourth-order valence-electron chi connectivity index (χ4n) is 1.26. The van der Waals surface area contributed by atoms with E-state index >= 15 is 0 Å². The molecule has 0 N–H and O–H groups in total. The van der Waals surface area contributed by atoms with Crippen LogP contribution in [-0.2, 0) is 10.9 Å². The summed E-state index contributed by atoms with van der Waals surface area (Å²) in [5.41, 5.74) is -1.60. The summed E-state index contributed by atoms with van der Waals surface area (Å²) in [4.78, 5) is 11.4. The Morgan fingerprint density at radius 3 is 2.53 bits per heavy atom. The van der Waals surface area contributed by atoms with Crippen LogP contribution in [0, 0.1) is 5.82 Å². The predicted molar refractivity (Wildman–Crippen MR) is 52.2 cm³/mol. The molecule has 2 nitrogen and oxygen atoms in total. The van der Waals surface area contributed by atoms with E-state index < -0.39 is 23.3 Å². The summed E-state index contributed by atoms with van der Waals surface area (Å²) in [5.74, 6) is -1.90. The Balaban J connectivity index is 3.00. The van der Waals surface area contributed by atoms with Crippen LogP contribution in [0.25, 0.3) is 0 Å². The highest BCUT2D eigenvalue weighted by molar-refractivity contribution is 5.96. The monoisotopic (exact) mass is 250 g/mol. The molecule has 6 heteroatoms. The molecule has 17 heavy (non-hydrogen) atoms. The largest absolute Gasteiger partial charge is 0.419 e. The molecule has 1 aromatic rings. The lowest BCUT2D eigenvalue weighted by atomic mass is 10.0. The van der Waals surface area contributed by atoms with Crippen LogP contribution in [0.15, 0.2) is 18.2 Å². The zero-order valence-electron chi connectivity index (χ0n) is 8.97. The van der Waals surface area contributed by atoms with Crippen molar-refractivity contribution in [1.29, 1.82) is 0 Å². The van der Waals surface area contributed by atoms with Crippen LogP contribution in [0.1, 0.15) is 22.3 Å². The number of hydrogen-bond acceptors (Lipinski definition) is 2. The molecule has 0 spiro atoms. The Kier molecular flexibility index (Phi) is 4.22. The number of carbonyl (C=O) groups excluding carboxylic acids is 1. The van der Waals surface area contributed by atoms with E-state index in [2.05, 4.69) is 4.74 Å². The summed E-state index contributed by atoms with van der Waals surface area (Å²) in [6, 6.07) is 2.19. The Morgan fingerprint density at radius 2 is 2.00 bits per heavy atom. The van der Waals surface area contributed by atoms with E-state index in [1.807, 2.05) is 0 Å². The van der Waals surface area contributed by atoms with Crippen LogP contribution in [0.2, 0.25) is 0 Å². The maximum atomic E-state index is 12.9. The number of halogens is 4. The van der Waals surface area contributed by atoms with Gasteiger partial charge in [-0.25, -0.2) is 4.39 Å². The number of benzene rings is 1. The quantitative estimate of drug-likeness (QED) is 0.606. The highest BCUT2D eigenvalue weighted by Gasteiger charge is 2.34. The van der Waals surface area contributed by atoms with Crippen LogP contribution in [0.5, 0.6) is 0 Å². The first-order chi connectivity index (χ1) is 7.86. The first-order valence-corrected chi connectivity index (χ1v) is 4.75. The van der Waals surface area contributed by atoms with Crippen molar-refractivity contribution >= 4 is 5.78 Å². The van der Waals surface area contributed by atoms with E-state index in [4.69, 9.17) is 0 Å². The molecule has 0 atom stereocenters. The number of rotatable bonds is 4. The standard InChI is InChI=1S/C11H10F4O2/c1-17-5-4-10(16)7-2-3-9(12)8(6-7)11(13,14)15/h2-3,6H,4-5H2,1H3. The molecule has 0 bridgehead atoms.